The number of aromatic nitrogens is 1. The van der Waals surface area contributed by atoms with Crippen molar-refractivity contribution in [2.24, 2.45) is 11.7 Å². The number of rotatable bonds is 2. The molecule has 0 spiro atoms. The second-order valence-corrected chi connectivity index (χ2v) is 5.90. The zero-order valence-electron chi connectivity index (χ0n) is 12.3. The molecule has 21 heavy (non-hydrogen) atoms. The molecule has 1 fully saturated rings. The molecule has 1 aromatic carbocycles. The van der Waals surface area contributed by atoms with E-state index in [0.717, 1.165) is 35.9 Å². The second-order valence-electron chi connectivity index (χ2n) is 5.90. The van der Waals surface area contributed by atoms with Crippen LogP contribution in [0.2, 0.25) is 0 Å². The highest BCUT2D eigenvalue weighted by molar-refractivity contribution is 5.98. The van der Waals surface area contributed by atoms with Crippen molar-refractivity contribution in [3.63, 3.8) is 0 Å². The van der Waals surface area contributed by atoms with Crippen molar-refractivity contribution in [1.82, 2.24) is 9.88 Å². The van der Waals surface area contributed by atoms with Gasteiger partial charge in [0, 0.05) is 29.7 Å². The minimum absolute atomic E-state index is 0.103. The molecule has 4 heteroatoms. The molecule has 1 amide bonds. The van der Waals surface area contributed by atoms with Gasteiger partial charge >= 0.3 is 0 Å². The Morgan fingerprint density at radius 3 is 3.05 bits per heavy atom. The van der Waals surface area contributed by atoms with Gasteiger partial charge in [-0.05, 0) is 56.5 Å². The summed E-state index contributed by atoms with van der Waals surface area (Å²) in [5.74, 6) is 0.527. The molecule has 1 saturated heterocycles. The summed E-state index contributed by atoms with van der Waals surface area (Å²) in [6.45, 7) is 3.53. The van der Waals surface area contributed by atoms with Crippen LogP contribution >= 0.6 is 0 Å². The van der Waals surface area contributed by atoms with Crippen LogP contribution in [0.4, 0.5) is 0 Å². The van der Waals surface area contributed by atoms with E-state index in [1.165, 1.54) is 0 Å². The first-order chi connectivity index (χ1) is 10.2. The largest absolute Gasteiger partial charge is 0.336 e. The Hall–Kier alpha value is -1.94. The summed E-state index contributed by atoms with van der Waals surface area (Å²) in [6, 6.07) is 9.88. The summed E-state index contributed by atoms with van der Waals surface area (Å²) in [6.07, 6.45) is 3.91. The van der Waals surface area contributed by atoms with Crippen molar-refractivity contribution in [1.29, 1.82) is 0 Å². The molecule has 0 saturated carbocycles. The molecule has 0 bridgehead atoms. The van der Waals surface area contributed by atoms with E-state index >= 15 is 0 Å². The number of carbonyl (C=O) groups excluding carboxylic acids is 1. The van der Waals surface area contributed by atoms with E-state index in [0.29, 0.717) is 12.5 Å². The molecule has 2 aromatic rings. The van der Waals surface area contributed by atoms with E-state index in [2.05, 4.69) is 11.9 Å². The predicted octanol–water partition coefficient (Wildman–Crippen LogP) is 2.43. The van der Waals surface area contributed by atoms with Crippen molar-refractivity contribution in [2.75, 3.05) is 13.1 Å². The quantitative estimate of drug-likeness (QED) is 0.921. The van der Waals surface area contributed by atoms with E-state index in [1.807, 2.05) is 35.2 Å². The number of nitrogens with two attached hydrogens (primary N) is 1. The smallest absolute Gasteiger partial charge is 0.254 e. The lowest BCUT2D eigenvalue weighted by molar-refractivity contribution is 0.0567. The van der Waals surface area contributed by atoms with Crippen LogP contribution in [-0.2, 0) is 0 Å². The maximum atomic E-state index is 12.8. The Bertz CT molecular complexity index is 655. The maximum Gasteiger partial charge on any atom is 0.254 e. The van der Waals surface area contributed by atoms with Crippen LogP contribution in [0, 0.1) is 5.92 Å². The number of fused-ring (bicyclic) bond motifs is 1. The minimum atomic E-state index is 0.103. The van der Waals surface area contributed by atoms with Crippen molar-refractivity contribution >= 4 is 16.8 Å². The van der Waals surface area contributed by atoms with E-state index in [4.69, 9.17) is 5.73 Å². The molecule has 2 unspecified atom stereocenters. The average Bonchev–Trinajstić information content (AvgIpc) is 2.54. The van der Waals surface area contributed by atoms with Gasteiger partial charge in [0.2, 0.25) is 0 Å². The molecular weight excluding hydrogens is 262 g/mol. The SMILES string of the molecule is CC1CCC(CN)CN1C(=O)c1ccc2ncccc2c1. The number of likely N-dealkylation sites (tertiary alicyclic amines) is 1. The highest BCUT2D eigenvalue weighted by Crippen LogP contribution is 2.24. The fraction of sp³-hybridized carbons (Fsp3) is 0.412. The van der Waals surface area contributed by atoms with Crippen LogP contribution in [0.15, 0.2) is 36.5 Å². The lowest BCUT2D eigenvalue weighted by atomic mass is 9.93. The molecule has 1 aromatic heterocycles. The first-order valence-electron chi connectivity index (χ1n) is 7.55. The zero-order chi connectivity index (χ0) is 14.8. The van der Waals surface area contributed by atoms with Gasteiger partial charge in [0.25, 0.3) is 5.91 Å². The monoisotopic (exact) mass is 283 g/mol. The molecule has 2 N–H and O–H groups in total. The van der Waals surface area contributed by atoms with Crippen molar-refractivity contribution in [3.05, 3.63) is 42.1 Å². The number of carbonyl (C=O) groups is 1. The molecule has 0 aliphatic carbocycles. The molecule has 1 aliphatic rings. The van der Waals surface area contributed by atoms with Gasteiger partial charge in [-0.25, -0.2) is 0 Å². The second kappa shape index (κ2) is 5.82. The third-order valence-corrected chi connectivity index (χ3v) is 4.42. The summed E-state index contributed by atoms with van der Waals surface area (Å²) in [5.41, 5.74) is 7.43. The number of nitrogens with zero attached hydrogens (tertiary/aromatic N) is 2. The summed E-state index contributed by atoms with van der Waals surface area (Å²) in [5, 5.41) is 1.00. The fourth-order valence-electron chi connectivity index (χ4n) is 3.03. The van der Waals surface area contributed by atoms with Crippen molar-refractivity contribution in [3.8, 4) is 0 Å². The van der Waals surface area contributed by atoms with Crippen LogP contribution in [0.5, 0.6) is 0 Å². The summed E-state index contributed by atoms with van der Waals surface area (Å²) in [7, 11) is 0. The molecule has 3 rings (SSSR count). The van der Waals surface area contributed by atoms with Gasteiger partial charge in [-0.2, -0.15) is 0 Å². The Morgan fingerprint density at radius 2 is 2.24 bits per heavy atom. The van der Waals surface area contributed by atoms with Gasteiger partial charge in [0.1, 0.15) is 0 Å². The number of hydrogen-bond donors (Lipinski definition) is 1. The summed E-state index contributed by atoms with van der Waals surface area (Å²) < 4.78 is 0. The fourth-order valence-corrected chi connectivity index (χ4v) is 3.03. The van der Waals surface area contributed by atoms with Gasteiger partial charge in [0.15, 0.2) is 0 Å². The first-order valence-corrected chi connectivity index (χ1v) is 7.55. The number of amides is 1. The molecule has 110 valence electrons. The average molecular weight is 283 g/mol. The van der Waals surface area contributed by atoms with Gasteiger partial charge in [-0.3, -0.25) is 9.78 Å². The van der Waals surface area contributed by atoms with Crippen LogP contribution in [0.1, 0.15) is 30.1 Å². The number of hydrogen-bond acceptors (Lipinski definition) is 3. The number of piperidine rings is 1. The van der Waals surface area contributed by atoms with Gasteiger partial charge in [-0.1, -0.05) is 6.07 Å². The van der Waals surface area contributed by atoms with Crippen LogP contribution in [0.3, 0.4) is 0 Å². The minimum Gasteiger partial charge on any atom is -0.336 e. The molecule has 2 heterocycles. The first kappa shape index (κ1) is 14.0. The highest BCUT2D eigenvalue weighted by Gasteiger charge is 2.28. The molecule has 1 aliphatic heterocycles. The van der Waals surface area contributed by atoms with Gasteiger partial charge < -0.3 is 10.6 Å². The van der Waals surface area contributed by atoms with E-state index in [1.54, 1.807) is 6.20 Å². The standard InChI is InChI=1S/C17H21N3O/c1-12-4-5-13(10-18)11-20(12)17(21)15-6-7-16-14(9-15)3-2-8-19-16/h2-3,6-9,12-13H,4-5,10-11,18H2,1H3. The van der Waals surface area contributed by atoms with E-state index in [-0.39, 0.29) is 11.9 Å². The summed E-state index contributed by atoms with van der Waals surface area (Å²) >= 11 is 0. The Kier molecular flexibility index (Phi) is 3.88. The van der Waals surface area contributed by atoms with Crippen LogP contribution in [-0.4, -0.2) is 34.9 Å². The van der Waals surface area contributed by atoms with Crippen molar-refractivity contribution in [2.45, 2.75) is 25.8 Å². The van der Waals surface area contributed by atoms with Crippen LogP contribution in [0.25, 0.3) is 10.9 Å². The predicted molar refractivity (Wildman–Crippen MR) is 84.0 cm³/mol. The Morgan fingerprint density at radius 1 is 1.38 bits per heavy atom. The molecule has 2 atom stereocenters. The van der Waals surface area contributed by atoms with Crippen molar-refractivity contribution < 1.29 is 4.79 Å². The van der Waals surface area contributed by atoms with E-state index in [9.17, 15) is 4.79 Å². The van der Waals surface area contributed by atoms with E-state index < -0.39 is 0 Å². The summed E-state index contributed by atoms with van der Waals surface area (Å²) in [4.78, 5) is 19.0. The number of benzene rings is 1. The number of pyridine rings is 1. The topological polar surface area (TPSA) is 59.2 Å². The van der Waals surface area contributed by atoms with Gasteiger partial charge in [-0.15, -0.1) is 0 Å². The van der Waals surface area contributed by atoms with Crippen LogP contribution < -0.4 is 5.73 Å². The molecular formula is C17H21N3O. The highest BCUT2D eigenvalue weighted by atomic mass is 16.2. The lowest BCUT2D eigenvalue weighted by Gasteiger charge is -2.37. The third kappa shape index (κ3) is 2.76. The third-order valence-electron chi connectivity index (χ3n) is 4.42. The Balaban J connectivity index is 1.88. The molecule has 0 radical (unpaired) electrons. The normalized spacial score (nSPS) is 22.5. The van der Waals surface area contributed by atoms with Gasteiger partial charge in [0.05, 0.1) is 5.52 Å². The molecule has 4 nitrogen and oxygen atoms in total. The maximum absolute atomic E-state index is 12.8. The lowest BCUT2D eigenvalue weighted by Crippen LogP contribution is -2.47. The Labute approximate surface area is 125 Å². The zero-order valence-corrected chi connectivity index (χ0v) is 12.3.